The monoisotopic (exact) mass is 772 g/mol. The van der Waals surface area contributed by atoms with Crippen LogP contribution in [0.2, 0.25) is 0 Å². The van der Waals surface area contributed by atoms with Gasteiger partial charge < -0.3 is 9.05 Å². The molecule has 0 unspecified atom stereocenters. The van der Waals surface area contributed by atoms with E-state index in [1.54, 1.807) is 0 Å². The Kier molecular flexibility index (Phi) is 8.12. The highest BCUT2D eigenvalue weighted by molar-refractivity contribution is 7.48. The van der Waals surface area contributed by atoms with Crippen molar-refractivity contribution >= 4 is 29.4 Å². The standard InChI is InChI=1S/C36H17F12O4P/c37-33(38,39)23-11-21(12-24(15-23)34(40,41)42)17-1-5-27-19(9-17)3-7-29-31(27)32-28-6-2-18(10-20(28)4-8-30(32)52-53(49,50)51-29)22-13-25(35(43,44)45)16-26(14-22)36(46,47)48/h1-16H,(H,49,50). The third-order valence-electron chi connectivity index (χ3n) is 8.48. The molecule has 6 aromatic rings. The Balaban J connectivity index is 1.43. The molecule has 0 aliphatic carbocycles. The fourth-order valence-electron chi connectivity index (χ4n) is 6.16. The van der Waals surface area contributed by atoms with Gasteiger partial charge in [0.05, 0.1) is 22.3 Å². The number of rotatable bonds is 2. The Morgan fingerprint density at radius 2 is 0.736 bits per heavy atom. The molecule has 274 valence electrons. The fraction of sp³-hybridized carbons (Fsp3) is 0.111. The maximum Gasteiger partial charge on any atom is 0.584 e. The average Bonchev–Trinajstić information content (AvgIpc) is 3.18. The Bertz CT molecular complexity index is 2280. The van der Waals surface area contributed by atoms with Gasteiger partial charge in [-0.1, -0.05) is 36.4 Å². The predicted molar refractivity (Wildman–Crippen MR) is 169 cm³/mol. The predicted octanol–water partition coefficient (Wildman–Crippen LogP) is 12.9. The molecule has 0 bridgehead atoms. The van der Waals surface area contributed by atoms with Crippen LogP contribution in [0.25, 0.3) is 54.9 Å². The Morgan fingerprint density at radius 3 is 1.04 bits per heavy atom. The first kappa shape index (κ1) is 36.2. The summed E-state index contributed by atoms with van der Waals surface area (Å²) in [6, 6.07) is 15.1. The molecule has 0 saturated carbocycles. The minimum absolute atomic E-state index is 0.00926. The second kappa shape index (κ2) is 11.9. The zero-order chi connectivity index (χ0) is 38.5. The molecule has 7 rings (SSSR count). The van der Waals surface area contributed by atoms with E-state index in [9.17, 15) is 62.1 Å². The molecule has 0 saturated heterocycles. The van der Waals surface area contributed by atoms with Crippen LogP contribution in [-0.2, 0) is 29.3 Å². The van der Waals surface area contributed by atoms with Gasteiger partial charge >= 0.3 is 32.5 Å². The summed E-state index contributed by atoms with van der Waals surface area (Å²) in [6.45, 7) is 0. The minimum atomic E-state index is -5.11. The number of halogens is 12. The van der Waals surface area contributed by atoms with E-state index in [0.717, 1.165) is 0 Å². The molecule has 0 atom stereocenters. The molecule has 4 nitrogen and oxygen atoms in total. The van der Waals surface area contributed by atoms with E-state index in [1.807, 2.05) is 0 Å². The van der Waals surface area contributed by atoms with Gasteiger partial charge in [0, 0.05) is 11.1 Å². The topological polar surface area (TPSA) is 55.8 Å². The maximum atomic E-state index is 13.6. The molecule has 0 amide bonds. The van der Waals surface area contributed by atoms with Gasteiger partial charge in [-0.25, -0.2) is 4.57 Å². The quantitative estimate of drug-likeness (QED) is 0.141. The smallest absolute Gasteiger partial charge is 0.395 e. The van der Waals surface area contributed by atoms with Crippen molar-refractivity contribution in [2.75, 3.05) is 0 Å². The molecular weight excluding hydrogens is 755 g/mol. The first-order chi connectivity index (χ1) is 24.5. The third-order valence-corrected chi connectivity index (χ3v) is 9.34. The zero-order valence-electron chi connectivity index (χ0n) is 25.9. The van der Waals surface area contributed by atoms with E-state index in [2.05, 4.69) is 0 Å². The van der Waals surface area contributed by atoms with Gasteiger partial charge in [0.15, 0.2) is 0 Å². The number of phosphoric ester groups is 1. The Morgan fingerprint density at radius 1 is 0.415 bits per heavy atom. The maximum absolute atomic E-state index is 13.6. The molecule has 0 fully saturated rings. The number of hydrogen-bond acceptors (Lipinski definition) is 3. The lowest BCUT2D eigenvalue weighted by Gasteiger charge is -2.17. The summed E-state index contributed by atoms with van der Waals surface area (Å²) in [5.41, 5.74) is -6.87. The summed E-state index contributed by atoms with van der Waals surface area (Å²) in [6.07, 6.45) is -20.4. The van der Waals surface area contributed by atoms with Crippen molar-refractivity contribution in [1.29, 1.82) is 0 Å². The van der Waals surface area contributed by atoms with Gasteiger partial charge in [-0.05, 0) is 104 Å². The number of hydrogen-bond donors (Lipinski definition) is 1. The van der Waals surface area contributed by atoms with Crippen molar-refractivity contribution in [2.45, 2.75) is 24.7 Å². The average molecular weight is 772 g/mol. The molecule has 0 aromatic heterocycles. The summed E-state index contributed by atoms with van der Waals surface area (Å²) >= 11 is 0. The van der Waals surface area contributed by atoms with E-state index in [1.165, 1.54) is 60.7 Å². The van der Waals surface area contributed by atoms with Gasteiger partial charge in [-0.15, -0.1) is 0 Å². The van der Waals surface area contributed by atoms with E-state index in [4.69, 9.17) is 9.05 Å². The number of benzene rings is 6. The van der Waals surface area contributed by atoms with Gasteiger partial charge in [0.2, 0.25) is 0 Å². The molecule has 0 radical (unpaired) electrons. The van der Waals surface area contributed by atoms with Crippen molar-refractivity contribution in [1.82, 2.24) is 0 Å². The zero-order valence-corrected chi connectivity index (χ0v) is 26.8. The second-order valence-corrected chi connectivity index (χ2v) is 13.3. The van der Waals surface area contributed by atoms with Crippen LogP contribution in [0.1, 0.15) is 22.3 Å². The Hall–Kier alpha value is -5.21. The molecule has 1 aliphatic heterocycles. The molecule has 17 heteroatoms. The highest BCUT2D eigenvalue weighted by atomic mass is 31.2. The highest BCUT2D eigenvalue weighted by Crippen LogP contribution is 2.57. The molecule has 53 heavy (non-hydrogen) atoms. The summed E-state index contributed by atoms with van der Waals surface area (Å²) < 4.78 is 187. The van der Waals surface area contributed by atoms with Crippen LogP contribution < -0.4 is 9.05 Å². The molecule has 1 aliphatic rings. The van der Waals surface area contributed by atoms with Crippen LogP contribution in [0.3, 0.4) is 0 Å². The van der Waals surface area contributed by atoms with Gasteiger partial charge in [-0.3, -0.25) is 4.89 Å². The van der Waals surface area contributed by atoms with Crippen molar-refractivity contribution in [3.63, 3.8) is 0 Å². The fourth-order valence-corrected chi connectivity index (χ4v) is 7.00. The second-order valence-electron chi connectivity index (χ2n) is 12.0. The number of phosphoric acid groups is 1. The summed E-state index contributed by atoms with van der Waals surface area (Å²) in [5, 5.41) is 0.915. The Labute approximate surface area is 289 Å². The van der Waals surface area contributed by atoms with Gasteiger partial charge in [0.25, 0.3) is 0 Å². The number of alkyl halides is 12. The summed E-state index contributed by atoms with van der Waals surface area (Å²) in [7, 11) is -4.88. The van der Waals surface area contributed by atoms with Crippen LogP contribution >= 0.6 is 7.82 Å². The molecule has 1 heterocycles. The van der Waals surface area contributed by atoms with Crippen LogP contribution in [0.15, 0.2) is 97.1 Å². The minimum Gasteiger partial charge on any atom is -0.395 e. The van der Waals surface area contributed by atoms with Crippen molar-refractivity contribution in [3.8, 4) is 44.9 Å². The molecule has 0 spiro atoms. The summed E-state index contributed by atoms with van der Waals surface area (Å²) in [5.74, 6) is -0.449. The van der Waals surface area contributed by atoms with Crippen molar-refractivity contribution < 1.29 is 71.2 Å². The van der Waals surface area contributed by atoms with Crippen LogP contribution in [-0.4, -0.2) is 4.89 Å². The lowest BCUT2D eigenvalue weighted by Crippen LogP contribution is -2.11. The SMILES string of the molecule is O=P1(O)Oc2ccc3cc(-c4cc(C(F)(F)F)cc(C(F)(F)F)c4)ccc3c2-c2c(ccc3cc(-c4cc(C(F)(F)F)cc(C(F)(F)F)c4)ccc23)O1. The largest absolute Gasteiger partial charge is 0.584 e. The molecule has 6 aromatic carbocycles. The third kappa shape index (κ3) is 6.88. The van der Waals surface area contributed by atoms with Crippen LogP contribution in [0.4, 0.5) is 52.7 Å². The number of fused-ring (bicyclic) bond motifs is 7. The van der Waals surface area contributed by atoms with Gasteiger partial charge in [-0.2, -0.15) is 52.7 Å². The molecular formula is C36H17F12O4P. The lowest BCUT2D eigenvalue weighted by molar-refractivity contribution is -0.144. The lowest BCUT2D eigenvalue weighted by atomic mass is 9.89. The highest BCUT2D eigenvalue weighted by Gasteiger charge is 2.39. The normalized spacial score (nSPS) is 14.7. The van der Waals surface area contributed by atoms with Crippen molar-refractivity contribution in [2.24, 2.45) is 0 Å². The first-order valence-electron chi connectivity index (χ1n) is 14.9. The first-order valence-corrected chi connectivity index (χ1v) is 16.4. The van der Waals surface area contributed by atoms with E-state index in [-0.39, 0.29) is 67.4 Å². The molecule has 1 N–H and O–H groups in total. The van der Waals surface area contributed by atoms with E-state index in [0.29, 0.717) is 24.3 Å². The van der Waals surface area contributed by atoms with Crippen LogP contribution in [0.5, 0.6) is 11.5 Å². The van der Waals surface area contributed by atoms with Gasteiger partial charge in [0.1, 0.15) is 11.5 Å². The van der Waals surface area contributed by atoms with Crippen molar-refractivity contribution in [3.05, 3.63) is 119 Å². The van der Waals surface area contributed by atoms with E-state index >= 15 is 0 Å². The van der Waals surface area contributed by atoms with Crippen LogP contribution in [0, 0.1) is 0 Å². The van der Waals surface area contributed by atoms with E-state index < -0.39 is 65.9 Å². The summed E-state index contributed by atoms with van der Waals surface area (Å²) in [4.78, 5) is 10.5.